The van der Waals surface area contributed by atoms with E-state index in [-0.39, 0.29) is 18.0 Å². The van der Waals surface area contributed by atoms with E-state index in [2.05, 4.69) is 21.9 Å². The molecule has 1 aliphatic rings. The second-order valence-electron chi connectivity index (χ2n) is 9.81. The van der Waals surface area contributed by atoms with Gasteiger partial charge in [-0.15, -0.1) is 0 Å². The van der Waals surface area contributed by atoms with Crippen molar-refractivity contribution in [1.29, 1.82) is 0 Å². The van der Waals surface area contributed by atoms with Crippen molar-refractivity contribution in [3.63, 3.8) is 0 Å². The van der Waals surface area contributed by atoms with Crippen molar-refractivity contribution in [2.75, 3.05) is 18.9 Å². The average Bonchev–Trinajstić information content (AvgIpc) is 3.23. The molecule has 0 spiro atoms. The highest BCUT2D eigenvalue weighted by Crippen LogP contribution is 2.30. The van der Waals surface area contributed by atoms with Gasteiger partial charge in [0.1, 0.15) is 12.0 Å². The molecule has 0 unspecified atom stereocenters. The molecule has 1 aliphatic heterocycles. The van der Waals surface area contributed by atoms with Gasteiger partial charge in [-0.25, -0.2) is 4.79 Å². The molecule has 0 bridgehead atoms. The molecule has 0 aromatic carbocycles. The number of unbranched alkanes of at least 4 members (excludes halogenated alkanes) is 13. The van der Waals surface area contributed by atoms with Crippen molar-refractivity contribution in [2.24, 2.45) is 5.11 Å². The van der Waals surface area contributed by atoms with Crippen LogP contribution in [0.3, 0.4) is 0 Å². The van der Waals surface area contributed by atoms with Gasteiger partial charge in [0.2, 0.25) is 0 Å². The molecule has 35 heavy (non-hydrogen) atoms. The molecule has 3 atom stereocenters. The predicted octanol–water partition coefficient (Wildman–Crippen LogP) is 6.60. The molecule has 2 rings (SSSR count). The van der Waals surface area contributed by atoms with Crippen LogP contribution in [0.25, 0.3) is 10.4 Å². The molecule has 0 saturated carbocycles. The van der Waals surface area contributed by atoms with Gasteiger partial charge in [0.25, 0.3) is 0 Å². The number of azide groups is 1. The molecular formula is C26H46N6O3. The molecule has 2 N–H and O–H groups in total. The lowest BCUT2D eigenvalue weighted by atomic mass is 10.0. The maximum atomic E-state index is 12.2. The van der Waals surface area contributed by atoms with E-state index >= 15 is 0 Å². The number of nitrogen functional groups attached to an aromatic ring is 1. The third-order valence-corrected chi connectivity index (χ3v) is 6.81. The van der Waals surface area contributed by atoms with Crippen LogP contribution in [-0.2, 0) is 9.47 Å². The standard InChI is InChI=1S/C26H46N6O3/c1-3-4-5-6-7-8-9-10-11-12-13-14-15-16-17-34-20-23-22(30-31-28)18-24(35-23)32-19-21(2)25(27)29-26(32)33/h19,22-24H,3-18,20H2,1-2H3,(H2,27,29,33)/t22-,23+,24+/m0/s1. The summed E-state index contributed by atoms with van der Waals surface area (Å²) in [5.41, 5.74) is 14.9. The molecule has 1 fully saturated rings. The molecule has 1 aromatic rings. The fraction of sp³-hybridized carbons (Fsp3) is 0.846. The minimum Gasteiger partial charge on any atom is -0.383 e. The van der Waals surface area contributed by atoms with E-state index in [1.807, 2.05) is 0 Å². The van der Waals surface area contributed by atoms with Crippen molar-refractivity contribution in [2.45, 2.75) is 129 Å². The Morgan fingerprint density at radius 1 is 1.09 bits per heavy atom. The summed E-state index contributed by atoms with van der Waals surface area (Å²) in [7, 11) is 0. The first-order valence-corrected chi connectivity index (χ1v) is 13.7. The van der Waals surface area contributed by atoms with E-state index < -0.39 is 11.9 Å². The number of hydrogen-bond donors (Lipinski definition) is 1. The van der Waals surface area contributed by atoms with Gasteiger partial charge >= 0.3 is 5.69 Å². The van der Waals surface area contributed by atoms with E-state index in [0.29, 0.717) is 25.2 Å². The fourth-order valence-corrected chi connectivity index (χ4v) is 4.61. The Kier molecular flexibility index (Phi) is 14.5. The number of nitrogens with two attached hydrogens (primary N) is 1. The van der Waals surface area contributed by atoms with Crippen molar-refractivity contribution < 1.29 is 9.47 Å². The summed E-state index contributed by atoms with van der Waals surface area (Å²) in [6, 6.07) is -0.383. The summed E-state index contributed by atoms with van der Waals surface area (Å²) in [5, 5.41) is 3.86. The number of aryl methyl sites for hydroxylation is 1. The molecule has 0 amide bonds. The smallest absolute Gasteiger partial charge is 0.351 e. The van der Waals surface area contributed by atoms with E-state index in [9.17, 15) is 4.79 Å². The van der Waals surface area contributed by atoms with Gasteiger partial charge in [0.05, 0.1) is 18.8 Å². The van der Waals surface area contributed by atoms with Gasteiger partial charge in [-0.05, 0) is 18.9 Å². The fourth-order valence-electron chi connectivity index (χ4n) is 4.61. The van der Waals surface area contributed by atoms with Crippen LogP contribution in [0, 0.1) is 6.92 Å². The second-order valence-corrected chi connectivity index (χ2v) is 9.81. The Bertz CT molecular complexity index is 824. The lowest BCUT2D eigenvalue weighted by Crippen LogP contribution is -2.29. The summed E-state index contributed by atoms with van der Waals surface area (Å²) in [6.45, 7) is 5.06. The third-order valence-electron chi connectivity index (χ3n) is 6.81. The highest BCUT2D eigenvalue weighted by atomic mass is 16.6. The van der Waals surface area contributed by atoms with E-state index in [0.717, 1.165) is 12.8 Å². The molecule has 9 nitrogen and oxygen atoms in total. The molecule has 9 heteroatoms. The summed E-state index contributed by atoms with van der Waals surface area (Å²) in [5.74, 6) is 0.212. The molecule has 0 radical (unpaired) electrons. The van der Waals surface area contributed by atoms with Gasteiger partial charge in [-0.2, -0.15) is 4.98 Å². The van der Waals surface area contributed by atoms with Gasteiger partial charge in [0, 0.05) is 29.7 Å². The van der Waals surface area contributed by atoms with Gasteiger partial charge < -0.3 is 15.2 Å². The lowest BCUT2D eigenvalue weighted by molar-refractivity contribution is -0.0457. The van der Waals surface area contributed by atoms with Crippen molar-refractivity contribution in [3.05, 3.63) is 32.7 Å². The topological polar surface area (TPSA) is 128 Å². The third kappa shape index (κ3) is 11.0. The average molecular weight is 491 g/mol. The SMILES string of the molecule is CCCCCCCCCCCCCCCCOC[C@H]1O[C@@H](n2cc(C)c(N)nc2=O)C[C@@H]1N=[N+]=[N-]. The number of anilines is 1. The number of nitrogens with zero attached hydrogens (tertiary/aromatic N) is 5. The Morgan fingerprint density at radius 2 is 1.66 bits per heavy atom. The van der Waals surface area contributed by atoms with Crippen LogP contribution in [-0.4, -0.2) is 34.9 Å². The van der Waals surface area contributed by atoms with Crippen LogP contribution < -0.4 is 11.4 Å². The van der Waals surface area contributed by atoms with Gasteiger partial charge in [0.15, 0.2) is 0 Å². The van der Waals surface area contributed by atoms with Crippen LogP contribution in [0.2, 0.25) is 0 Å². The highest BCUT2D eigenvalue weighted by Gasteiger charge is 2.36. The summed E-state index contributed by atoms with van der Waals surface area (Å²) >= 11 is 0. The Labute approximate surface area is 210 Å². The molecule has 2 heterocycles. The normalized spacial score (nSPS) is 19.7. The Hall–Kier alpha value is -2.09. The zero-order valence-electron chi connectivity index (χ0n) is 21.9. The van der Waals surface area contributed by atoms with Crippen molar-refractivity contribution >= 4 is 5.82 Å². The quantitative estimate of drug-likeness (QED) is 0.101. The maximum absolute atomic E-state index is 12.2. The summed E-state index contributed by atoms with van der Waals surface area (Å²) in [6.07, 6.45) is 19.7. The number of ether oxygens (including phenoxy) is 2. The lowest BCUT2D eigenvalue weighted by Gasteiger charge is -2.17. The van der Waals surface area contributed by atoms with E-state index in [4.69, 9.17) is 20.7 Å². The van der Waals surface area contributed by atoms with Crippen LogP contribution in [0.15, 0.2) is 16.1 Å². The summed E-state index contributed by atoms with van der Waals surface area (Å²) < 4.78 is 13.2. The zero-order chi connectivity index (χ0) is 25.3. The first kappa shape index (κ1) is 29.1. The molecule has 1 aromatic heterocycles. The second kappa shape index (κ2) is 17.4. The molecule has 198 valence electrons. The van der Waals surface area contributed by atoms with Crippen LogP contribution in [0.1, 0.15) is 115 Å². The molecule has 0 aliphatic carbocycles. The van der Waals surface area contributed by atoms with Gasteiger partial charge in [-0.3, -0.25) is 4.57 Å². The van der Waals surface area contributed by atoms with Crippen molar-refractivity contribution in [3.8, 4) is 0 Å². The minimum atomic E-state index is -0.542. The first-order valence-electron chi connectivity index (χ1n) is 13.7. The first-order chi connectivity index (χ1) is 17.1. The van der Waals surface area contributed by atoms with Crippen LogP contribution in [0.5, 0.6) is 0 Å². The predicted molar refractivity (Wildman–Crippen MR) is 140 cm³/mol. The monoisotopic (exact) mass is 490 g/mol. The largest absolute Gasteiger partial charge is 0.383 e. The zero-order valence-corrected chi connectivity index (χ0v) is 21.9. The molecule has 1 saturated heterocycles. The van der Waals surface area contributed by atoms with E-state index in [1.54, 1.807) is 13.1 Å². The Balaban J connectivity index is 1.54. The van der Waals surface area contributed by atoms with Gasteiger partial charge in [-0.1, -0.05) is 95.5 Å². The minimum absolute atomic E-state index is 0.212. The number of hydrogen-bond acceptors (Lipinski definition) is 6. The van der Waals surface area contributed by atoms with Crippen LogP contribution >= 0.6 is 0 Å². The van der Waals surface area contributed by atoms with Crippen molar-refractivity contribution in [1.82, 2.24) is 9.55 Å². The Morgan fingerprint density at radius 3 is 2.23 bits per heavy atom. The van der Waals surface area contributed by atoms with Crippen LogP contribution in [0.4, 0.5) is 5.82 Å². The highest BCUT2D eigenvalue weighted by molar-refractivity contribution is 5.35. The number of rotatable bonds is 19. The maximum Gasteiger partial charge on any atom is 0.351 e. The molecular weight excluding hydrogens is 444 g/mol. The summed E-state index contributed by atoms with van der Waals surface area (Å²) in [4.78, 5) is 19.0. The number of aromatic nitrogens is 2. The van der Waals surface area contributed by atoms with E-state index in [1.165, 1.54) is 81.6 Å².